The number of amides is 1. The van der Waals surface area contributed by atoms with Crippen LogP contribution in [-0.2, 0) is 30.4 Å². The van der Waals surface area contributed by atoms with Crippen molar-refractivity contribution in [3.8, 4) is 0 Å². The lowest BCUT2D eigenvalue weighted by atomic mass is 9.89. The highest BCUT2D eigenvalue weighted by Gasteiger charge is 2.39. The van der Waals surface area contributed by atoms with Gasteiger partial charge in [-0.15, -0.1) is 0 Å². The number of ether oxygens (including phenoxy) is 3. The van der Waals surface area contributed by atoms with Gasteiger partial charge in [0.05, 0.1) is 24.9 Å². The molecular weight excluding hydrogens is 548 g/mol. The molecule has 1 heterocycles. The number of esters is 1. The molecule has 1 saturated heterocycles. The minimum atomic E-state index is -0.915. The Morgan fingerprint density at radius 2 is 1.58 bits per heavy atom. The number of carbonyl (C=O) groups is 2. The van der Waals surface area contributed by atoms with Crippen molar-refractivity contribution in [2.24, 2.45) is 5.92 Å². The highest BCUT2D eigenvalue weighted by atomic mass is 16.7. The Morgan fingerprint density at radius 3 is 2.19 bits per heavy atom. The molecule has 230 valence electrons. The van der Waals surface area contributed by atoms with Gasteiger partial charge in [-0.1, -0.05) is 73.7 Å². The second-order valence-corrected chi connectivity index (χ2v) is 11.2. The first-order chi connectivity index (χ1) is 20.6. The highest BCUT2D eigenvalue weighted by Crippen LogP contribution is 2.42. The van der Waals surface area contributed by atoms with Crippen molar-refractivity contribution in [1.29, 1.82) is 0 Å². The van der Waals surface area contributed by atoms with Gasteiger partial charge in [-0.25, -0.2) is 0 Å². The topological polar surface area (TPSA) is 118 Å². The van der Waals surface area contributed by atoms with Crippen molar-refractivity contribution >= 4 is 17.6 Å². The summed E-state index contributed by atoms with van der Waals surface area (Å²) in [6.45, 7) is 7.39. The van der Waals surface area contributed by atoms with Crippen LogP contribution in [0, 0.1) is 5.92 Å². The van der Waals surface area contributed by atoms with Gasteiger partial charge in [0.15, 0.2) is 12.4 Å². The number of rotatable bonds is 11. The number of aliphatic hydroxyl groups excluding tert-OH is 2. The fourth-order valence-electron chi connectivity index (χ4n) is 5.22. The summed E-state index contributed by atoms with van der Waals surface area (Å²) < 4.78 is 18.1. The maximum absolute atomic E-state index is 12.4. The predicted octanol–water partition coefficient (Wildman–Crippen LogP) is 4.91. The van der Waals surface area contributed by atoms with Gasteiger partial charge in [0.1, 0.15) is 0 Å². The number of hydrogen-bond acceptors (Lipinski definition) is 8. The van der Waals surface area contributed by atoms with E-state index < -0.39 is 30.4 Å². The second kappa shape index (κ2) is 14.7. The van der Waals surface area contributed by atoms with Gasteiger partial charge in [0, 0.05) is 36.7 Å². The average Bonchev–Trinajstić information content (AvgIpc) is 3.01. The molecule has 0 aliphatic carbocycles. The molecule has 3 aromatic carbocycles. The van der Waals surface area contributed by atoms with E-state index >= 15 is 0 Å². The molecule has 9 nitrogen and oxygen atoms in total. The molecule has 0 bridgehead atoms. The smallest absolute Gasteiger partial charge is 0.303 e. The molecule has 0 aromatic heterocycles. The largest absolute Gasteiger partial charge is 0.453 e. The van der Waals surface area contributed by atoms with Crippen LogP contribution < -0.4 is 5.32 Å². The van der Waals surface area contributed by atoms with Gasteiger partial charge in [0.25, 0.3) is 5.91 Å². The van der Waals surface area contributed by atoms with Crippen LogP contribution in [-0.4, -0.2) is 58.8 Å². The Hall–Kier alpha value is -3.60. The van der Waals surface area contributed by atoms with Gasteiger partial charge in [-0.2, -0.15) is 0 Å². The van der Waals surface area contributed by atoms with Crippen LogP contribution in [0.3, 0.4) is 0 Å². The van der Waals surface area contributed by atoms with E-state index in [9.17, 15) is 19.8 Å². The molecule has 43 heavy (non-hydrogen) atoms. The summed E-state index contributed by atoms with van der Waals surface area (Å²) >= 11 is 0. The number of likely N-dealkylation sites (N-methyl/N-ethyl adjacent to an activating group) is 1. The van der Waals surface area contributed by atoms with Gasteiger partial charge >= 0.3 is 5.97 Å². The zero-order valence-electron chi connectivity index (χ0n) is 25.3. The standard InChI is InChI=1S/C34H42N2O7/c1-21-30(19-36(5)22(2)31(39)26-9-7-6-8-10-26)42-34(43-32(21)27-13-11-25(20-37)12-14-27)28-15-17-29(18-16-28)35-33(40)23(3)41-24(4)38/h6-18,21-23,30-32,34,37,39H,19-20H2,1-5H3,(H,35,40). The van der Waals surface area contributed by atoms with E-state index in [-0.39, 0.29) is 30.8 Å². The number of aliphatic hydroxyl groups is 2. The molecule has 0 saturated carbocycles. The monoisotopic (exact) mass is 590 g/mol. The first-order valence-corrected chi connectivity index (χ1v) is 14.6. The van der Waals surface area contributed by atoms with E-state index in [4.69, 9.17) is 14.2 Å². The fourth-order valence-corrected chi connectivity index (χ4v) is 5.22. The van der Waals surface area contributed by atoms with Crippen molar-refractivity contribution in [3.63, 3.8) is 0 Å². The van der Waals surface area contributed by atoms with Crippen molar-refractivity contribution in [3.05, 3.63) is 101 Å². The lowest BCUT2D eigenvalue weighted by Gasteiger charge is -2.43. The average molecular weight is 591 g/mol. The summed E-state index contributed by atoms with van der Waals surface area (Å²) in [7, 11) is 1.98. The van der Waals surface area contributed by atoms with E-state index in [1.54, 1.807) is 12.1 Å². The van der Waals surface area contributed by atoms with Crippen molar-refractivity contribution in [1.82, 2.24) is 4.90 Å². The normalized spacial score (nSPS) is 22.4. The fraction of sp³-hybridized carbons (Fsp3) is 0.412. The van der Waals surface area contributed by atoms with E-state index in [0.29, 0.717) is 12.2 Å². The van der Waals surface area contributed by atoms with E-state index in [0.717, 1.165) is 22.3 Å². The van der Waals surface area contributed by atoms with Gasteiger partial charge in [0.2, 0.25) is 0 Å². The third-order valence-electron chi connectivity index (χ3n) is 8.05. The molecule has 7 atom stereocenters. The Bertz CT molecular complexity index is 1330. The van der Waals surface area contributed by atoms with Crippen LogP contribution in [0.15, 0.2) is 78.9 Å². The molecule has 1 aliphatic heterocycles. The number of carbonyl (C=O) groups excluding carboxylic acids is 2. The molecule has 7 unspecified atom stereocenters. The van der Waals surface area contributed by atoms with Gasteiger partial charge in [-0.3, -0.25) is 14.5 Å². The maximum Gasteiger partial charge on any atom is 0.303 e. The maximum atomic E-state index is 12.4. The lowest BCUT2D eigenvalue weighted by Crippen LogP contribution is -2.46. The molecule has 1 aliphatic rings. The Labute approximate surface area is 253 Å². The van der Waals surface area contributed by atoms with Crippen LogP contribution in [0.25, 0.3) is 0 Å². The molecule has 1 amide bonds. The molecule has 3 N–H and O–H groups in total. The first-order valence-electron chi connectivity index (χ1n) is 14.6. The highest BCUT2D eigenvalue weighted by molar-refractivity contribution is 5.94. The Kier molecular flexibility index (Phi) is 11.1. The second-order valence-electron chi connectivity index (χ2n) is 11.2. The third kappa shape index (κ3) is 8.28. The number of anilines is 1. The van der Waals surface area contributed by atoms with Crippen LogP contribution >= 0.6 is 0 Å². The van der Waals surface area contributed by atoms with Crippen molar-refractivity contribution in [2.45, 2.75) is 71.0 Å². The number of hydrogen-bond donors (Lipinski definition) is 3. The quantitative estimate of drug-likeness (QED) is 0.270. The van der Waals surface area contributed by atoms with Crippen LogP contribution in [0.2, 0.25) is 0 Å². The molecule has 9 heteroatoms. The molecule has 0 spiro atoms. The molecule has 1 fully saturated rings. The predicted molar refractivity (Wildman–Crippen MR) is 163 cm³/mol. The minimum Gasteiger partial charge on any atom is -0.453 e. The number of nitrogens with one attached hydrogen (secondary N) is 1. The number of benzene rings is 3. The van der Waals surface area contributed by atoms with E-state index in [1.807, 2.05) is 80.7 Å². The molecule has 0 radical (unpaired) electrons. The summed E-state index contributed by atoms with van der Waals surface area (Å²) in [6, 6.07) is 24.4. The summed E-state index contributed by atoms with van der Waals surface area (Å²) in [5, 5.41) is 23.3. The molecule has 4 rings (SSSR count). The van der Waals surface area contributed by atoms with Crippen LogP contribution in [0.1, 0.15) is 68.4 Å². The van der Waals surface area contributed by atoms with Gasteiger partial charge < -0.3 is 29.7 Å². The third-order valence-corrected chi connectivity index (χ3v) is 8.05. The first kappa shape index (κ1) is 32.3. The zero-order chi connectivity index (χ0) is 31.1. The lowest BCUT2D eigenvalue weighted by molar-refractivity contribution is -0.276. The van der Waals surface area contributed by atoms with Crippen molar-refractivity contribution in [2.75, 3.05) is 18.9 Å². The molecule has 3 aromatic rings. The zero-order valence-corrected chi connectivity index (χ0v) is 25.3. The summed E-state index contributed by atoms with van der Waals surface area (Å²) in [6.07, 6.45) is -2.78. The van der Waals surface area contributed by atoms with Crippen LogP contribution in [0.4, 0.5) is 5.69 Å². The minimum absolute atomic E-state index is 0.0268. The van der Waals surface area contributed by atoms with Crippen LogP contribution in [0.5, 0.6) is 0 Å². The van der Waals surface area contributed by atoms with Gasteiger partial charge in [-0.05, 0) is 49.7 Å². The van der Waals surface area contributed by atoms with E-state index in [1.165, 1.54) is 13.8 Å². The summed E-state index contributed by atoms with van der Waals surface area (Å²) in [5.41, 5.74) is 3.98. The van der Waals surface area contributed by atoms with E-state index in [2.05, 4.69) is 17.1 Å². The SMILES string of the molecule is CC(=O)OC(C)C(=O)Nc1ccc(C2OC(CN(C)C(C)C(O)c3ccccc3)C(C)C(c3ccc(CO)cc3)O2)cc1. The Morgan fingerprint density at radius 1 is 0.953 bits per heavy atom. The summed E-state index contributed by atoms with van der Waals surface area (Å²) in [5.74, 6) is -0.979. The Balaban J connectivity index is 1.53. The summed E-state index contributed by atoms with van der Waals surface area (Å²) in [4.78, 5) is 25.7. The van der Waals surface area contributed by atoms with Crippen molar-refractivity contribution < 1.29 is 34.0 Å². The number of nitrogens with zero attached hydrogens (tertiary/aromatic N) is 1. The molecular formula is C34H42N2O7.